The minimum Gasteiger partial charge on any atom is -0.504 e. The van der Waals surface area contributed by atoms with Gasteiger partial charge in [0.1, 0.15) is 36.6 Å². The smallest absolute Gasteiger partial charge is 0.344 e. The van der Waals surface area contributed by atoms with Crippen LogP contribution in [0.3, 0.4) is 0 Å². The molecule has 0 radical (unpaired) electrons. The van der Waals surface area contributed by atoms with Crippen LogP contribution in [0.5, 0.6) is 34.5 Å². The van der Waals surface area contributed by atoms with Crippen molar-refractivity contribution in [3.8, 4) is 34.5 Å². The Morgan fingerprint density at radius 3 is 2.09 bits per heavy atom. The molecule has 1 heterocycles. The molecule has 3 rings (SSSR count). The Hall–Kier alpha value is -3.82. The zero-order chi connectivity index (χ0) is 26.0. The van der Waals surface area contributed by atoms with Crippen molar-refractivity contribution in [2.45, 2.75) is 30.7 Å². The standard InChI is InChI=1S/C21H22O14/c1-32-21-17(29)16(28)15(27)12(34-21)6-33-20(31)8-2-3-9(22)18(13(8)25)35-19(30)7-4-10(23)14(26)11(24)5-7/h2-5,12,15-17,21-29H,6H2,1H3. The van der Waals surface area contributed by atoms with E-state index in [1.807, 2.05) is 0 Å². The van der Waals surface area contributed by atoms with E-state index in [4.69, 9.17) is 18.9 Å². The van der Waals surface area contributed by atoms with E-state index >= 15 is 0 Å². The molecule has 35 heavy (non-hydrogen) atoms. The third-order valence-electron chi connectivity index (χ3n) is 5.11. The first-order chi connectivity index (χ1) is 16.5. The number of hydrogen-bond donors (Lipinski definition) is 8. The highest BCUT2D eigenvalue weighted by Gasteiger charge is 2.44. The van der Waals surface area contributed by atoms with Crippen molar-refractivity contribution in [3.05, 3.63) is 35.4 Å². The number of phenolic OH excluding ortho intramolecular Hbond substituents is 5. The summed E-state index contributed by atoms with van der Waals surface area (Å²) in [6.07, 6.45) is -7.49. The molecule has 8 N–H and O–H groups in total. The fourth-order valence-electron chi connectivity index (χ4n) is 3.18. The van der Waals surface area contributed by atoms with Crippen molar-refractivity contribution in [3.63, 3.8) is 0 Å². The van der Waals surface area contributed by atoms with Crippen LogP contribution in [0.1, 0.15) is 20.7 Å². The van der Waals surface area contributed by atoms with Gasteiger partial charge in [-0.2, -0.15) is 0 Å². The van der Waals surface area contributed by atoms with E-state index in [0.29, 0.717) is 0 Å². The molecule has 1 saturated heterocycles. The van der Waals surface area contributed by atoms with Gasteiger partial charge in [0.15, 0.2) is 35.0 Å². The number of aliphatic hydroxyl groups excluding tert-OH is 3. The van der Waals surface area contributed by atoms with E-state index in [1.165, 1.54) is 7.11 Å². The number of phenols is 5. The molecule has 5 unspecified atom stereocenters. The summed E-state index contributed by atoms with van der Waals surface area (Å²) in [5.41, 5.74) is -1.04. The monoisotopic (exact) mass is 498 g/mol. The molecule has 2 aromatic rings. The molecular formula is C21H22O14. The highest BCUT2D eigenvalue weighted by atomic mass is 16.7. The molecule has 14 heteroatoms. The van der Waals surface area contributed by atoms with Crippen molar-refractivity contribution in [1.29, 1.82) is 0 Å². The average Bonchev–Trinajstić information content (AvgIpc) is 2.82. The fourth-order valence-corrected chi connectivity index (χ4v) is 3.18. The number of methoxy groups -OCH3 is 1. The molecule has 0 saturated carbocycles. The zero-order valence-electron chi connectivity index (χ0n) is 17.9. The predicted octanol–water partition coefficient (Wildman–Crippen LogP) is -0.955. The maximum absolute atomic E-state index is 12.5. The van der Waals surface area contributed by atoms with Gasteiger partial charge in [0.25, 0.3) is 0 Å². The van der Waals surface area contributed by atoms with Gasteiger partial charge in [0, 0.05) is 7.11 Å². The van der Waals surface area contributed by atoms with E-state index in [0.717, 1.165) is 24.3 Å². The van der Waals surface area contributed by atoms with Crippen molar-refractivity contribution < 1.29 is 69.4 Å². The molecule has 190 valence electrons. The third-order valence-corrected chi connectivity index (χ3v) is 5.11. The summed E-state index contributed by atoms with van der Waals surface area (Å²) >= 11 is 0. The Labute approximate surface area is 196 Å². The van der Waals surface area contributed by atoms with Crippen LogP contribution in [0.25, 0.3) is 0 Å². The molecule has 0 aromatic heterocycles. The first-order valence-electron chi connectivity index (χ1n) is 9.87. The minimum atomic E-state index is -1.66. The lowest BCUT2D eigenvalue weighted by molar-refractivity contribution is -0.294. The Bertz CT molecular complexity index is 1090. The van der Waals surface area contributed by atoms with Crippen LogP contribution in [0.4, 0.5) is 0 Å². The molecule has 2 aromatic carbocycles. The first-order valence-corrected chi connectivity index (χ1v) is 9.87. The van der Waals surface area contributed by atoms with E-state index in [1.54, 1.807) is 0 Å². The Balaban J connectivity index is 1.76. The average molecular weight is 498 g/mol. The second-order valence-electron chi connectivity index (χ2n) is 7.41. The lowest BCUT2D eigenvalue weighted by atomic mass is 9.99. The second kappa shape index (κ2) is 10.2. The van der Waals surface area contributed by atoms with Crippen molar-refractivity contribution in [2.24, 2.45) is 0 Å². The molecule has 1 aliphatic heterocycles. The molecule has 0 amide bonds. The molecule has 0 aliphatic carbocycles. The Kier molecular flexibility index (Phi) is 7.52. The largest absolute Gasteiger partial charge is 0.504 e. The second-order valence-corrected chi connectivity index (χ2v) is 7.41. The molecule has 0 spiro atoms. The van der Waals surface area contributed by atoms with Gasteiger partial charge in [0.2, 0.25) is 5.75 Å². The lowest BCUT2D eigenvalue weighted by Crippen LogP contribution is -2.59. The Morgan fingerprint density at radius 1 is 0.857 bits per heavy atom. The normalized spacial score (nSPS) is 24.1. The van der Waals surface area contributed by atoms with Crippen LogP contribution < -0.4 is 4.74 Å². The van der Waals surface area contributed by atoms with Gasteiger partial charge in [-0.05, 0) is 24.3 Å². The number of ether oxygens (including phenoxy) is 4. The number of carbonyl (C=O) groups excluding carboxylic acids is 2. The summed E-state index contributed by atoms with van der Waals surface area (Å²) in [4.78, 5) is 24.8. The van der Waals surface area contributed by atoms with Gasteiger partial charge in [-0.25, -0.2) is 9.59 Å². The topological polar surface area (TPSA) is 233 Å². The summed E-state index contributed by atoms with van der Waals surface area (Å²) in [5, 5.41) is 78.5. The number of benzene rings is 2. The molecule has 1 aliphatic rings. The molecule has 1 fully saturated rings. The van der Waals surface area contributed by atoms with Crippen molar-refractivity contribution in [2.75, 3.05) is 13.7 Å². The summed E-state index contributed by atoms with van der Waals surface area (Å²) in [7, 11) is 1.18. The highest BCUT2D eigenvalue weighted by Crippen LogP contribution is 2.40. The number of hydrogen-bond acceptors (Lipinski definition) is 14. The number of aromatic hydroxyl groups is 5. The molecule has 14 nitrogen and oxygen atoms in total. The number of esters is 2. The fraction of sp³-hybridized carbons (Fsp3) is 0.333. The van der Waals surface area contributed by atoms with Crippen LogP contribution in [-0.2, 0) is 14.2 Å². The van der Waals surface area contributed by atoms with E-state index in [2.05, 4.69) is 0 Å². The number of rotatable bonds is 6. The third kappa shape index (κ3) is 5.16. The van der Waals surface area contributed by atoms with E-state index < -0.39 is 94.9 Å². The van der Waals surface area contributed by atoms with Crippen LogP contribution in [0.2, 0.25) is 0 Å². The molecular weight excluding hydrogens is 476 g/mol. The maximum atomic E-state index is 12.5. The quantitative estimate of drug-likeness (QED) is 0.136. The Morgan fingerprint density at radius 2 is 1.49 bits per heavy atom. The van der Waals surface area contributed by atoms with Gasteiger partial charge in [-0.1, -0.05) is 0 Å². The first kappa shape index (κ1) is 25.8. The number of aliphatic hydroxyl groups is 3. The SMILES string of the molecule is COC1OC(COC(=O)c2ccc(O)c(OC(=O)c3cc(O)c(O)c(O)c3)c2O)C(O)C(O)C1O. The van der Waals surface area contributed by atoms with Gasteiger partial charge >= 0.3 is 11.9 Å². The van der Waals surface area contributed by atoms with Crippen LogP contribution in [0.15, 0.2) is 24.3 Å². The highest BCUT2D eigenvalue weighted by molar-refractivity contribution is 5.96. The maximum Gasteiger partial charge on any atom is 0.344 e. The van der Waals surface area contributed by atoms with Crippen molar-refractivity contribution >= 4 is 11.9 Å². The molecule has 5 atom stereocenters. The van der Waals surface area contributed by atoms with Crippen molar-refractivity contribution in [1.82, 2.24) is 0 Å². The minimum absolute atomic E-state index is 0.471. The van der Waals surface area contributed by atoms with E-state index in [9.17, 15) is 50.4 Å². The summed E-state index contributed by atoms with van der Waals surface area (Å²) in [6.45, 7) is -0.648. The summed E-state index contributed by atoms with van der Waals surface area (Å²) in [6, 6.07) is 3.34. The van der Waals surface area contributed by atoms with Gasteiger partial charge in [-0.3, -0.25) is 0 Å². The summed E-state index contributed by atoms with van der Waals surface area (Å²) in [5.74, 6) is -7.69. The zero-order valence-corrected chi connectivity index (χ0v) is 17.9. The van der Waals surface area contributed by atoms with Crippen LogP contribution >= 0.6 is 0 Å². The lowest BCUT2D eigenvalue weighted by Gasteiger charge is -2.39. The number of carbonyl (C=O) groups is 2. The van der Waals surface area contributed by atoms with Crippen LogP contribution in [-0.4, -0.2) is 97.2 Å². The summed E-state index contributed by atoms with van der Waals surface area (Å²) < 4.78 is 19.9. The van der Waals surface area contributed by atoms with Gasteiger partial charge in [0.05, 0.1) is 5.56 Å². The molecule has 0 bridgehead atoms. The predicted molar refractivity (Wildman–Crippen MR) is 110 cm³/mol. The van der Waals surface area contributed by atoms with Crippen LogP contribution in [0, 0.1) is 0 Å². The van der Waals surface area contributed by atoms with Gasteiger partial charge < -0.3 is 59.8 Å². The van der Waals surface area contributed by atoms with E-state index in [-0.39, 0.29) is 0 Å². The van der Waals surface area contributed by atoms with Gasteiger partial charge in [-0.15, -0.1) is 0 Å².